The molecule has 1 aromatic rings. The Kier molecular flexibility index (Phi) is 3.13. The number of aliphatic hydroxyl groups is 1. The van der Waals surface area contributed by atoms with Gasteiger partial charge in [0, 0.05) is 30.0 Å². The zero-order valence-corrected chi connectivity index (χ0v) is 14.7. The predicted octanol–water partition coefficient (Wildman–Crippen LogP) is 2.48. The first kappa shape index (κ1) is 16.4. The molecule has 134 valence electrons. The molecule has 4 atom stereocenters. The lowest BCUT2D eigenvalue weighted by Gasteiger charge is -2.49. The minimum Gasteiger partial charge on any atom is -0.507 e. The fraction of sp³-hybridized carbons (Fsp3) is 0.526. The van der Waals surface area contributed by atoms with Crippen molar-refractivity contribution < 1.29 is 29.6 Å². The summed E-state index contributed by atoms with van der Waals surface area (Å²) in [5, 5.41) is 32.3. The summed E-state index contributed by atoms with van der Waals surface area (Å²) in [6, 6.07) is 0. The van der Waals surface area contributed by atoms with E-state index in [-0.39, 0.29) is 17.9 Å². The van der Waals surface area contributed by atoms with Gasteiger partial charge in [0.05, 0.1) is 12.0 Å². The summed E-state index contributed by atoms with van der Waals surface area (Å²) in [7, 11) is 0. The Bertz CT molecular complexity index is 837. The average molecular weight is 346 g/mol. The molecule has 0 unspecified atom stereocenters. The van der Waals surface area contributed by atoms with Gasteiger partial charge in [-0.15, -0.1) is 0 Å². The topological polar surface area (TPSA) is 96.2 Å². The van der Waals surface area contributed by atoms with Crippen molar-refractivity contribution in [2.45, 2.75) is 63.9 Å². The van der Waals surface area contributed by atoms with Crippen LogP contribution in [-0.2, 0) is 20.7 Å². The quantitative estimate of drug-likeness (QED) is 0.562. The third-order valence-electron chi connectivity index (χ3n) is 5.72. The van der Waals surface area contributed by atoms with Gasteiger partial charge in [-0.05, 0) is 32.8 Å². The van der Waals surface area contributed by atoms with Crippen molar-refractivity contribution in [3.05, 3.63) is 33.9 Å². The van der Waals surface area contributed by atoms with Gasteiger partial charge in [0.2, 0.25) is 5.79 Å². The molecular formula is C19H22O6. The van der Waals surface area contributed by atoms with Crippen LogP contribution in [0.4, 0.5) is 0 Å². The third-order valence-corrected chi connectivity index (χ3v) is 5.72. The molecule has 3 heterocycles. The van der Waals surface area contributed by atoms with Gasteiger partial charge in [-0.25, -0.2) is 4.79 Å². The summed E-state index contributed by atoms with van der Waals surface area (Å²) in [6.07, 6.45) is 1.78. The number of ether oxygens (including phenoxy) is 2. The van der Waals surface area contributed by atoms with Gasteiger partial charge in [0.15, 0.2) is 5.60 Å². The Balaban J connectivity index is 2.04. The third kappa shape index (κ3) is 1.89. The van der Waals surface area contributed by atoms with Crippen molar-refractivity contribution in [3.63, 3.8) is 0 Å². The van der Waals surface area contributed by atoms with Crippen LogP contribution < -0.4 is 0 Å². The van der Waals surface area contributed by atoms with E-state index in [1.165, 1.54) is 0 Å². The van der Waals surface area contributed by atoms with Gasteiger partial charge in [-0.1, -0.05) is 11.6 Å². The van der Waals surface area contributed by atoms with Crippen LogP contribution in [0.5, 0.6) is 11.5 Å². The number of aromatic hydroxyl groups is 2. The van der Waals surface area contributed by atoms with Crippen molar-refractivity contribution in [1.82, 2.24) is 0 Å². The molecule has 4 aliphatic rings. The van der Waals surface area contributed by atoms with Gasteiger partial charge in [-0.3, -0.25) is 0 Å². The van der Waals surface area contributed by atoms with Crippen molar-refractivity contribution in [2.75, 3.05) is 0 Å². The fourth-order valence-corrected chi connectivity index (χ4v) is 4.57. The second-order valence-electron chi connectivity index (χ2n) is 7.69. The van der Waals surface area contributed by atoms with Crippen molar-refractivity contribution in [2.24, 2.45) is 0 Å². The molecule has 0 saturated carbocycles. The van der Waals surface area contributed by atoms with Crippen LogP contribution in [0, 0.1) is 6.92 Å². The SMILES string of the molecule is CC(C)=CCc1c(O)c(C)c(O)c2c1[C@@H]1[C@@]3(C)OC(=O)[C@]1(O)C[C@@H]2O3. The van der Waals surface area contributed by atoms with Crippen LogP contribution in [0.3, 0.4) is 0 Å². The summed E-state index contributed by atoms with van der Waals surface area (Å²) in [4.78, 5) is 12.3. The zero-order chi connectivity index (χ0) is 18.3. The lowest BCUT2D eigenvalue weighted by Crippen LogP contribution is -2.54. The number of esters is 1. The fourth-order valence-electron chi connectivity index (χ4n) is 4.57. The summed E-state index contributed by atoms with van der Waals surface area (Å²) in [6.45, 7) is 7.18. The lowest BCUT2D eigenvalue weighted by atomic mass is 9.64. The molecule has 3 N–H and O–H groups in total. The van der Waals surface area contributed by atoms with Crippen LogP contribution >= 0.6 is 0 Å². The van der Waals surface area contributed by atoms with Gasteiger partial charge >= 0.3 is 5.97 Å². The first-order chi connectivity index (χ1) is 11.6. The largest absolute Gasteiger partial charge is 0.507 e. The minimum atomic E-state index is -1.70. The van der Waals surface area contributed by atoms with Gasteiger partial charge in [-0.2, -0.15) is 0 Å². The Morgan fingerprint density at radius 3 is 2.56 bits per heavy atom. The van der Waals surface area contributed by atoms with Gasteiger partial charge < -0.3 is 24.8 Å². The number of phenolic OH excluding ortho intramolecular Hbond substituents is 2. The predicted molar refractivity (Wildman–Crippen MR) is 88.3 cm³/mol. The van der Waals surface area contributed by atoms with E-state index >= 15 is 0 Å². The number of allylic oxidation sites excluding steroid dienone is 2. The molecule has 1 aromatic carbocycles. The van der Waals surface area contributed by atoms with E-state index in [9.17, 15) is 20.1 Å². The maximum Gasteiger partial charge on any atom is 0.341 e. The molecule has 0 amide bonds. The number of carbonyl (C=O) groups excluding carboxylic acids is 1. The molecular weight excluding hydrogens is 324 g/mol. The molecule has 0 aromatic heterocycles. The Morgan fingerprint density at radius 1 is 1.28 bits per heavy atom. The number of phenols is 2. The highest BCUT2D eigenvalue weighted by Gasteiger charge is 2.72. The maximum atomic E-state index is 12.3. The number of hydrogen-bond donors (Lipinski definition) is 3. The molecule has 25 heavy (non-hydrogen) atoms. The Labute approximate surface area is 145 Å². The smallest absolute Gasteiger partial charge is 0.341 e. The Morgan fingerprint density at radius 2 is 1.96 bits per heavy atom. The number of benzene rings is 1. The molecule has 6 heteroatoms. The summed E-state index contributed by atoms with van der Waals surface area (Å²) < 4.78 is 11.3. The standard InChI is InChI=1S/C19H22O6/c1-8(2)5-6-10-12-13(15(21)9(3)14(10)20)11-7-19(23)16(12)18(4,24-11)25-17(19)22/h5,11,16,20-21,23H,6-7H2,1-4H3/t11-,16+,18+,19-/m0/s1. The molecule has 6 nitrogen and oxygen atoms in total. The number of carbonyl (C=O) groups is 1. The summed E-state index contributed by atoms with van der Waals surface area (Å²) in [5.41, 5.74) is 1.50. The number of rotatable bonds is 2. The van der Waals surface area contributed by atoms with E-state index in [1.807, 2.05) is 19.9 Å². The molecule has 4 bridgehead atoms. The molecule has 2 fully saturated rings. The highest BCUT2D eigenvalue weighted by molar-refractivity contribution is 5.86. The molecule has 2 saturated heterocycles. The van der Waals surface area contributed by atoms with Crippen molar-refractivity contribution in [1.29, 1.82) is 0 Å². The van der Waals surface area contributed by atoms with Gasteiger partial charge in [0.1, 0.15) is 11.5 Å². The van der Waals surface area contributed by atoms with E-state index in [2.05, 4.69) is 0 Å². The summed E-state index contributed by atoms with van der Waals surface area (Å²) in [5.74, 6) is -2.84. The maximum absolute atomic E-state index is 12.3. The first-order valence-electron chi connectivity index (χ1n) is 8.44. The van der Waals surface area contributed by atoms with E-state index in [0.717, 1.165) is 5.57 Å². The second-order valence-corrected chi connectivity index (χ2v) is 7.69. The monoisotopic (exact) mass is 346 g/mol. The lowest BCUT2D eigenvalue weighted by molar-refractivity contribution is -0.258. The van der Waals surface area contributed by atoms with E-state index in [1.54, 1.807) is 13.8 Å². The molecule has 5 rings (SSSR count). The minimum absolute atomic E-state index is 0.0136. The zero-order valence-electron chi connectivity index (χ0n) is 14.7. The molecule has 0 radical (unpaired) electrons. The van der Waals surface area contributed by atoms with E-state index in [0.29, 0.717) is 28.7 Å². The van der Waals surface area contributed by atoms with E-state index in [4.69, 9.17) is 9.47 Å². The second kappa shape index (κ2) is 4.77. The number of hydrogen-bond acceptors (Lipinski definition) is 6. The van der Waals surface area contributed by atoms with Crippen LogP contribution in [0.25, 0.3) is 0 Å². The Hall–Kier alpha value is -2.05. The van der Waals surface area contributed by atoms with Gasteiger partial charge in [0.25, 0.3) is 0 Å². The van der Waals surface area contributed by atoms with Crippen LogP contribution in [0.1, 0.15) is 61.5 Å². The first-order valence-corrected chi connectivity index (χ1v) is 8.44. The highest BCUT2D eigenvalue weighted by Crippen LogP contribution is 2.65. The molecule has 0 spiro atoms. The highest BCUT2D eigenvalue weighted by atomic mass is 16.7. The normalized spacial score (nSPS) is 34.7. The van der Waals surface area contributed by atoms with Crippen LogP contribution in [-0.4, -0.2) is 32.7 Å². The average Bonchev–Trinajstić information content (AvgIpc) is 2.64. The van der Waals surface area contributed by atoms with Crippen LogP contribution in [0.15, 0.2) is 11.6 Å². The molecule has 1 aliphatic carbocycles. The van der Waals surface area contributed by atoms with Crippen LogP contribution in [0.2, 0.25) is 0 Å². The van der Waals surface area contributed by atoms with E-state index < -0.39 is 29.4 Å². The molecule has 3 aliphatic heterocycles. The van der Waals surface area contributed by atoms with Crippen molar-refractivity contribution >= 4 is 5.97 Å². The van der Waals surface area contributed by atoms with Crippen molar-refractivity contribution in [3.8, 4) is 11.5 Å². The summed E-state index contributed by atoms with van der Waals surface area (Å²) >= 11 is 0.